The molecule has 8 nitrogen and oxygen atoms in total. The van der Waals surface area contributed by atoms with Gasteiger partial charge in [-0.1, -0.05) is 24.6 Å². The van der Waals surface area contributed by atoms with Gasteiger partial charge in [-0.3, -0.25) is 4.79 Å². The Bertz CT molecular complexity index is 970. The largest absolute Gasteiger partial charge is 0.328 e. The van der Waals surface area contributed by atoms with Gasteiger partial charge in [0.15, 0.2) is 5.82 Å². The highest BCUT2D eigenvalue weighted by Crippen LogP contribution is 2.44. The number of carbonyl (C=O) groups is 2. The molecule has 0 radical (unpaired) electrons. The maximum Gasteiger partial charge on any atom is 0.318 e. The molecule has 8 heteroatoms. The summed E-state index contributed by atoms with van der Waals surface area (Å²) in [6.07, 6.45) is 5.03. The maximum absolute atomic E-state index is 13.0. The first-order chi connectivity index (χ1) is 14.1. The van der Waals surface area contributed by atoms with Crippen molar-refractivity contribution in [2.75, 3.05) is 18.4 Å². The molecular weight excluding hydrogens is 368 g/mol. The molecular formula is C21H26N6O2. The molecule has 2 aromatic rings. The normalized spacial score (nSPS) is 24.0. The molecule has 1 aromatic heterocycles. The van der Waals surface area contributed by atoms with Crippen LogP contribution in [0.2, 0.25) is 0 Å². The van der Waals surface area contributed by atoms with Crippen LogP contribution in [0.5, 0.6) is 0 Å². The minimum Gasteiger partial charge on any atom is -0.328 e. The summed E-state index contributed by atoms with van der Waals surface area (Å²) in [7, 11) is 0. The average molecular weight is 394 g/mol. The number of nitrogens with one attached hydrogen (secondary N) is 2. The second-order valence-electron chi connectivity index (χ2n) is 8.36. The summed E-state index contributed by atoms with van der Waals surface area (Å²) < 4.78 is 2.16. The fourth-order valence-corrected chi connectivity index (χ4v) is 4.93. The maximum atomic E-state index is 13.0. The molecule has 1 fully saturated rings. The summed E-state index contributed by atoms with van der Waals surface area (Å²) in [5.74, 6) is 1.82. The van der Waals surface area contributed by atoms with Gasteiger partial charge in [-0.2, -0.15) is 0 Å². The van der Waals surface area contributed by atoms with E-state index in [1.54, 1.807) is 4.90 Å². The molecule has 152 valence electrons. The zero-order valence-corrected chi connectivity index (χ0v) is 16.6. The molecule has 2 N–H and O–H groups in total. The molecule has 3 aliphatic rings. The topological polar surface area (TPSA) is 92.2 Å². The summed E-state index contributed by atoms with van der Waals surface area (Å²) in [6, 6.07) is 7.39. The van der Waals surface area contributed by atoms with E-state index in [2.05, 4.69) is 25.4 Å². The Morgan fingerprint density at radius 1 is 1.21 bits per heavy atom. The van der Waals surface area contributed by atoms with Crippen molar-refractivity contribution in [1.29, 1.82) is 0 Å². The van der Waals surface area contributed by atoms with E-state index in [4.69, 9.17) is 0 Å². The van der Waals surface area contributed by atoms with Gasteiger partial charge in [-0.05, 0) is 37.8 Å². The number of carbonyl (C=O) groups excluding carboxylic acids is 2. The van der Waals surface area contributed by atoms with Crippen molar-refractivity contribution in [3.8, 4) is 0 Å². The molecule has 1 spiro atoms. The fraction of sp³-hybridized carbons (Fsp3) is 0.524. The number of nitrogens with zero attached hydrogens (tertiary/aromatic N) is 4. The van der Waals surface area contributed by atoms with Crippen molar-refractivity contribution in [3.63, 3.8) is 0 Å². The summed E-state index contributed by atoms with van der Waals surface area (Å²) in [6.45, 7) is 3.80. The fourth-order valence-electron chi connectivity index (χ4n) is 4.93. The van der Waals surface area contributed by atoms with E-state index in [1.807, 2.05) is 31.2 Å². The molecule has 4 heterocycles. The van der Waals surface area contributed by atoms with Crippen molar-refractivity contribution in [1.82, 2.24) is 25.0 Å². The van der Waals surface area contributed by atoms with E-state index in [1.165, 1.54) is 6.42 Å². The van der Waals surface area contributed by atoms with Crippen molar-refractivity contribution < 1.29 is 9.59 Å². The van der Waals surface area contributed by atoms with E-state index < -0.39 is 5.41 Å². The van der Waals surface area contributed by atoms with Crippen LogP contribution in [0.4, 0.5) is 10.5 Å². The molecule has 1 saturated heterocycles. The van der Waals surface area contributed by atoms with Crippen LogP contribution in [-0.2, 0) is 23.2 Å². The summed E-state index contributed by atoms with van der Waals surface area (Å²) in [5.41, 5.74) is 1.22. The lowest BCUT2D eigenvalue weighted by molar-refractivity contribution is -0.120. The monoisotopic (exact) mass is 394 g/mol. The predicted octanol–water partition coefficient (Wildman–Crippen LogP) is 2.37. The zero-order valence-electron chi connectivity index (χ0n) is 16.6. The van der Waals surface area contributed by atoms with Crippen LogP contribution < -0.4 is 10.6 Å². The number of aromatic nitrogens is 3. The zero-order chi connectivity index (χ0) is 20.0. The van der Waals surface area contributed by atoms with Crippen LogP contribution in [0, 0.1) is 0 Å². The van der Waals surface area contributed by atoms with Gasteiger partial charge in [0.1, 0.15) is 5.82 Å². The van der Waals surface area contributed by atoms with Crippen molar-refractivity contribution in [2.45, 2.75) is 57.0 Å². The molecule has 29 heavy (non-hydrogen) atoms. The first-order valence-corrected chi connectivity index (χ1v) is 10.5. The Hall–Kier alpha value is -2.90. The highest BCUT2D eigenvalue weighted by Gasteiger charge is 2.52. The standard InChI is InChI=1S/C21H26N6O2/c1-14(18-25-24-17-9-3-2-6-11-27(17)18)22-20(29)26-12-10-21(13-26)15-7-4-5-8-16(15)23-19(21)28/h4-5,7-8,14H,2-3,6,9-13H2,1H3,(H,22,29)(H,23,28). The van der Waals surface area contributed by atoms with Crippen LogP contribution in [0.3, 0.4) is 0 Å². The molecule has 1 aromatic carbocycles. The Labute approximate surface area is 169 Å². The van der Waals surface area contributed by atoms with Gasteiger partial charge >= 0.3 is 6.03 Å². The molecule has 0 saturated carbocycles. The third-order valence-electron chi connectivity index (χ3n) is 6.55. The molecule has 0 bridgehead atoms. The predicted molar refractivity (Wildman–Crippen MR) is 107 cm³/mol. The molecule has 2 atom stereocenters. The third kappa shape index (κ3) is 2.89. The van der Waals surface area contributed by atoms with Crippen LogP contribution in [0.25, 0.3) is 0 Å². The number of hydrogen-bond acceptors (Lipinski definition) is 4. The number of hydrogen-bond donors (Lipinski definition) is 2. The molecule has 3 aliphatic heterocycles. The summed E-state index contributed by atoms with van der Waals surface area (Å²) in [4.78, 5) is 27.5. The molecule has 5 rings (SSSR count). The van der Waals surface area contributed by atoms with Crippen LogP contribution in [0.1, 0.15) is 55.9 Å². The number of anilines is 1. The SMILES string of the molecule is CC(NC(=O)N1CCC2(C1)C(=O)Nc1ccccc12)c1nnc2n1CCCCC2. The van der Waals surface area contributed by atoms with Crippen LogP contribution in [-0.4, -0.2) is 44.7 Å². The number of urea groups is 1. The Balaban J connectivity index is 1.30. The van der Waals surface area contributed by atoms with Gasteiger partial charge < -0.3 is 20.1 Å². The van der Waals surface area contributed by atoms with Gasteiger partial charge in [0.2, 0.25) is 5.91 Å². The van der Waals surface area contributed by atoms with Crippen molar-refractivity contribution in [3.05, 3.63) is 41.5 Å². The summed E-state index contributed by atoms with van der Waals surface area (Å²) in [5, 5.41) is 14.7. The van der Waals surface area contributed by atoms with Gasteiger partial charge in [-0.25, -0.2) is 4.79 Å². The van der Waals surface area contributed by atoms with E-state index in [0.717, 1.165) is 48.7 Å². The van der Waals surface area contributed by atoms with E-state index in [0.29, 0.717) is 19.5 Å². The molecule has 0 aliphatic carbocycles. The number of para-hydroxylation sites is 1. The number of benzene rings is 1. The van der Waals surface area contributed by atoms with Gasteiger partial charge in [0.05, 0.1) is 11.5 Å². The minimum absolute atomic E-state index is 0.00942. The third-order valence-corrected chi connectivity index (χ3v) is 6.55. The number of fused-ring (bicyclic) bond motifs is 3. The first-order valence-electron chi connectivity index (χ1n) is 10.5. The van der Waals surface area contributed by atoms with Crippen molar-refractivity contribution in [2.24, 2.45) is 0 Å². The Morgan fingerprint density at radius 2 is 2.07 bits per heavy atom. The highest BCUT2D eigenvalue weighted by molar-refractivity contribution is 6.07. The highest BCUT2D eigenvalue weighted by atomic mass is 16.2. The number of rotatable bonds is 2. The average Bonchev–Trinajstić information content (AvgIpc) is 3.36. The second kappa shape index (κ2) is 6.86. The summed E-state index contributed by atoms with van der Waals surface area (Å²) >= 11 is 0. The van der Waals surface area contributed by atoms with Gasteiger partial charge in [-0.15, -0.1) is 10.2 Å². The lowest BCUT2D eigenvalue weighted by Crippen LogP contribution is -2.44. The Kier molecular flexibility index (Phi) is 4.29. The van der Waals surface area contributed by atoms with E-state index in [9.17, 15) is 9.59 Å². The molecule has 3 amide bonds. The van der Waals surface area contributed by atoms with Gasteiger partial charge in [0, 0.05) is 31.7 Å². The first kappa shape index (κ1) is 18.1. The Morgan fingerprint density at radius 3 is 2.97 bits per heavy atom. The van der Waals surface area contributed by atoms with Crippen LogP contribution in [0.15, 0.2) is 24.3 Å². The number of amides is 3. The number of aryl methyl sites for hydroxylation is 1. The van der Waals surface area contributed by atoms with Gasteiger partial charge in [0.25, 0.3) is 0 Å². The minimum atomic E-state index is -0.636. The van der Waals surface area contributed by atoms with Crippen molar-refractivity contribution >= 4 is 17.6 Å². The van der Waals surface area contributed by atoms with E-state index >= 15 is 0 Å². The second-order valence-corrected chi connectivity index (χ2v) is 8.36. The van der Waals surface area contributed by atoms with E-state index in [-0.39, 0.29) is 18.0 Å². The number of likely N-dealkylation sites (tertiary alicyclic amines) is 1. The molecule has 2 unspecified atom stereocenters. The lowest BCUT2D eigenvalue weighted by Gasteiger charge is -2.24. The lowest BCUT2D eigenvalue weighted by atomic mass is 9.81. The quantitative estimate of drug-likeness (QED) is 0.818. The smallest absolute Gasteiger partial charge is 0.318 e. The van der Waals surface area contributed by atoms with Crippen LogP contribution >= 0.6 is 0 Å².